The van der Waals surface area contributed by atoms with Gasteiger partial charge in [0, 0.05) is 5.56 Å². The summed E-state index contributed by atoms with van der Waals surface area (Å²) < 4.78 is 10.6. The Morgan fingerprint density at radius 3 is 2.91 bits per heavy atom. The number of aryl methyl sites for hydroxylation is 1. The van der Waals surface area contributed by atoms with Gasteiger partial charge >= 0.3 is 0 Å². The number of ether oxygens (including phenoxy) is 2. The van der Waals surface area contributed by atoms with Crippen LogP contribution in [0.15, 0.2) is 18.2 Å². The van der Waals surface area contributed by atoms with Crippen LogP contribution in [0.4, 0.5) is 5.69 Å². The fourth-order valence-corrected chi connectivity index (χ4v) is 2.40. The Bertz CT molecular complexity index is 707. The van der Waals surface area contributed by atoms with Crippen LogP contribution in [0.5, 0.6) is 11.5 Å². The number of nitrogens with one attached hydrogen (secondary N) is 2. The fourth-order valence-electron chi connectivity index (χ4n) is 2.40. The summed E-state index contributed by atoms with van der Waals surface area (Å²) >= 11 is 0. The van der Waals surface area contributed by atoms with Gasteiger partial charge in [0.25, 0.3) is 5.91 Å². The highest BCUT2D eigenvalue weighted by Crippen LogP contribution is 2.33. The largest absolute Gasteiger partial charge is 0.454 e. The van der Waals surface area contributed by atoms with Crippen molar-refractivity contribution >= 4 is 11.6 Å². The summed E-state index contributed by atoms with van der Waals surface area (Å²) in [6, 6.07) is 5.16. The molecule has 0 fully saturated rings. The number of benzene rings is 1. The van der Waals surface area contributed by atoms with Gasteiger partial charge in [-0.2, -0.15) is 5.10 Å². The van der Waals surface area contributed by atoms with E-state index in [2.05, 4.69) is 29.4 Å². The maximum atomic E-state index is 12.5. The van der Waals surface area contributed by atoms with Crippen LogP contribution in [0, 0.1) is 12.8 Å². The van der Waals surface area contributed by atoms with Crippen molar-refractivity contribution in [3.63, 3.8) is 0 Å². The molecule has 6 nitrogen and oxygen atoms in total. The molecule has 1 aromatic heterocycles. The topological polar surface area (TPSA) is 76.2 Å². The minimum Gasteiger partial charge on any atom is -0.454 e. The van der Waals surface area contributed by atoms with Gasteiger partial charge in [-0.05, 0) is 37.5 Å². The van der Waals surface area contributed by atoms with E-state index in [1.165, 1.54) is 0 Å². The Hall–Kier alpha value is -2.50. The summed E-state index contributed by atoms with van der Waals surface area (Å²) in [7, 11) is 0. The molecule has 2 heterocycles. The van der Waals surface area contributed by atoms with Crippen LogP contribution in [0.1, 0.15) is 35.6 Å². The summed E-state index contributed by atoms with van der Waals surface area (Å²) in [5, 5.41) is 10.2. The van der Waals surface area contributed by atoms with Crippen LogP contribution < -0.4 is 14.8 Å². The molecule has 116 valence electrons. The van der Waals surface area contributed by atoms with Crippen molar-refractivity contribution in [2.45, 2.75) is 27.2 Å². The lowest BCUT2D eigenvalue weighted by Gasteiger charge is -2.09. The van der Waals surface area contributed by atoms with Crippen molar-refractivity contribution < 1.29 is 14.3 Å². The van der Waals surface area contributed by atoms with E-state index < -0.39 is 0 Å². The van der Waals surface area contributed by atoms with Crippen LogP contribution in [-0.2, 0) is 6.42 Å². The van der Waals surface area contributed by atoms with Gasteiger partial charge < -0.3 is 14.8 Å². The second-order valence-corrected chi connectivity index (χ2v) is 5.79. The molecule has 0 unspecified atom stereocenters. The monoisotopic (exact) mass is 301 g/mol. The lowest BCUT2D eigenvalue weighted by atomic mass is 10.1. The molecule has 0 saturated carbocycles. The molecule has 0 atom stereocenters. The van der Waals surface area contributed by atoms with Gasteiger partial charge in [0.1, 0.15) is 0 Å². The first kappa shape index (κ1) is 14.4. The summed E-state index contributed by atoms with van der Waals surface area (Å²) in [4.78, 5) is 12.5. The van der Waals surface area contributed by atoms with E-state index in [1.807, 2.05) is 6.92 Å². The molecule has 0 spiro atoms. The molecule has 0 aliphatic carbocycles. The van der Waals surface area contributed by atoms with Crippen molar-refractivity contribution in [2.75, 3.05) is 12.1 Å². The molecule has 0 bridgehead atoms. The normalized spacial score (nSPS) is 12.7. The third kappa shape index (κ3) is 2.77. The number of fused-ring (bicyclic) bond motifs is 1. The van der Waals surface area contributed by atoms with Gasteiger partial charge in [0.15, 0.2) is 11.5 Å². The van der Waals surface area contributed by atoms with E-state index in [9.17, 15) is 4.79 Å². The summed E-state index contributed by atoms with van der Waals surface area (Å²) in [5.74, 6) is 1.53. The predicted molar refractivity (Wildman–Crippen MR) is 82.4 cm³/mol. The van der Waals surface area contributed by atoms with E-state index in [0.29, 0.717) is 23.0 Å². The number of hydrogen-bond acceptors (Lipinski definition) is 4. The molecule has 6 heteroatoms. The first-order chi connectivity index (χ1) is 10.5. The molecule has 1 aliphatic heterocycles. The summed E-state index contributed by atoms with van der Waals surface area (Å²) in [6.07, 6.45) is 0.807. The number of rotatable bonds is 4. The average Bonchev–Trinajstić information content (AvgIpc) is 3.07. The number of nitrogens with zero attached hydrogens (tertiary/aromatic N) is 1. The molecule has 0 saturated heterocycles. The van der Waals surface area contributed by atoms with Crippen molar-refractivity contribution in [1.29, 1.82) is 0 Å². The second kappa shape index (κ2) is 5.71. The highest BCUT2D eigenvalue weighted by molar-refractivity contribution is 6.05. The van der Waals surface area contributed by atoms with Crippen molar-refractivity contribution in [3.8, 4) is 11.5 Å². The van der Waals surface area contributed by atoms with Crippen LogP contribution in [0.3, 0.4) is 0 Å². The Labute approximate surface area is 128 Å². The minimum atomic E-state index is -0.187. The molecule has 0 radical (unpaired) electrons. The predicted octanol–water partition coefficient (Wildman–Crippen LogP) is 2.90. The third-order valence-corrected chi connectivity index (χ3v) is 3.50. The highest BCUT2D eigenvalue weighted by atomic mass is 16.7. The number of carbonyl (C=O) groups is 1. The van der Waals surface area contributed by atoms with Crippen LogP contribution >= 0.6 is 0 Å². The zero-order chi connectivity index (χ0) is 15.7. The third-order valence-electron chi connectivity index (χ3n) is 3.50. The van der Waals surface area contributed by atoms with E-state index in [4.69, 9.17) is 9.47 Å². The Balaban J connectivity index is 1.81. The molecule has 2 N–H and O–H groups in total. The standard InChI is InChI=1S/C16H19N3O3/c1-9(2)6-12-15(10(3)18-19-12)17-16(20)11-4-5-13-14(7-11)22-8-21-13/h4-5,7,9H,6,8H2,1-3H3,(H,17,20)(H,18,19). The Morgan fingerprint density at radius 2 is 2.14 bits per heavy atom. The molecule has 1 amide bonds. The maximum Gasteiger partial charge on any atom is 0.255 e. The number of amides is 1. The second-order valence-electron chi connectivity index (χ2n) is 5.79. The van der Waals surface area contributed by atoms with Gasteiger partial charge in [-0.15, -0.1) is 0 Å². The van der Waals surface area contributed by atoms with Crippen molar-refractivity contribution in [1.82, 2.24) is 10.2 Å². The Morgan fingerprint density at radius 1 is 1.36 bits per heavy atom. The van der Waals surface area contributed by atoms with Gasteiger partial charge in [0.05, 0.1) is 17.1 Å². The molecule has 1 aliphatic rings. The van der Waals surface area contributed by atoms with Crippen LogP contribution in [0.2, 0.25) is 0 Å². The lowest BCUT2D eigenvalue weighted by molar-refractivity contribution is 0.102. The van der Waals surface area contributed by atoms with E-state index in [1.54, 1.807) is 18.2 Å². The van der Waals surface area contributed by atoms with Crippen LogP contribution in [-0.4, -0.2) is 22.9 Å². The molecule has 3 rings (SSSR count). The lowest BCUT2D eigenvalue weighted by Crippen LogP contribution is -2.14. The Kier molecular flexibility index (Phi) is 3.75. The molecular weight excluding hydrogens is 282 g/mol. The fraction of sp³-hybridized carbons (Fsp3) is 0.375. The van der Waals surface area contributed by atoms with Crippen molar-refractivity contribution in [2.24, 2.45) is 5.92 Å². The highest BCUT2D eigenvalue weighted by Gasteiger charge is 2.19. The number of aromatic amines is 1. The maximum absolute atomic E-state index is 12.5. The van der Waals surface area contributed by atoms with E-state index in [-0.39, 0.29) is 12.7 Å². The number of anilines is 1. The molecule has 1 aromatic carbocycles. The number of hydrogen-bond donors (Lipinski definition) is 2. The average molecular weight is 301 g/mol. The number of aromatic nitrogens is 2. The van der Waals surface area contributed by atoms with Crippen molar-refractivity contribution in [3.05, 3.63) is 35.2 Å². The van der Waals surface area contributed by atoms with Gasteiger partial charge in [0.2, 0.25) is 6.79 Å². The summed E-state index contributed by atoms with van der Waals surface area (Å²) in [5.41, 5.74) is 3.02. The first-order valence-corrected chi connectivity index (χ1v) is 7.29. The number of H-pyrrole nitrogens is 1. The SMILES string of the molecule is Cc1[nH]nc(CC(C)C)c1NC(=O)c1ccc2c(c1)OCO2. The zero-order valence-corrected chi connectivity index (χ0v) is 12.9. The van der Waals surface area contributed by atoms with Gasteiger partial charge in [-0.1, -0.05) is 13.8 Å². The van der Waals surface area contributed by atoms with E-state index in [0.717, 1.165) is 23.5 Å². The van der Waals surface area contributed by atoms with Gasteiger partial charge in [-0.3, -0.25) is 9.89 Å². The smallest absolute Gasteiger partial charge is 0.255 e. The summed E-state index contributed by atoms with van der Waals surface area (Å²) in [6.45, 7) is 6.33. The van der Waals surface area contributed by atoms with E-state index >= 15 is 0 Å². The zero-order valence-electron chi connectivity index (χ0n) is 12.9. The van der Waals surface area contributed by atoms with Gasteiger partial charge in [-0.25, -0.2) is 0 Å². The molecule has 22 heavy (non-hydrogen) atoms. The quantitative estimate of drug-likeness (QED) is 0.910. The molecular formula is C16H19N3O3. The first-order valence-electron chi connectivity index (χ1n) is 7.29. The number of carbonyl (C=O) groups excluding carboxylic acids is 1. The molecule has 2 aromatic rings. The minimum absolute atomic E-state index is 0.187. The van der Waals surface area contributed by atoms with Crippen LogP contribution in [0.25, 0.3) is 0 Å².